The van der Waals surface area contributed by atoms with E-state index in [2.05, 4.69) is 20.9 Å². The van der Waals surface area contributed by atoms with Crippen molar-refractivity contribution in [3.8, 4) is 0 Å². The molecule has 8 nitrogen and oxygen atoms in total. The summed E-state index contributed by atoms with van der Waals surface area (Å²) in [4.78, 5) is 55.8. The smallest absolute Gasteiger partial charge is 0.289 e. The van der Waals surface area contributed by atoms with E-state index in [-0.39, 0.29) is 56.9 Å². The molecular weight excluding hydrogens is 494 g/mol. The summed E-state index contributed by atoms with van der Waals surface area (Å²) in [5.74, 6) is -5.37. The second-order valence-electron chi connectivity index (χ2n) is 10.2. The van der Waals surface area contributed by atoms with Gasteiger partial charge in [0, 0.05) is 31.9 Å². The molecule has 0 radical (unpaired) electrons. The molecule has 0 unspecified atom stereocenters. The van der Waals surface area contributed by atoms with Crippen molar-refractivity contribution in [1.29, 1.82) is 0 Å². The quantitative estimate of drug-likeness (QED) is 0.390. The Morgan fingerprint density at radius 3 is 2.26 bits per heavy atom. The number of ketones is 1. The van der Waals surface area contributed by atoms with Gasteiger partial charge in [-0.2, -0.15) is 0 Å². The molecule has 0 saturated heterocycles. The van der Waals surface area contributed by atoms with Gasteiger partial charge in [0.2, 0.25) is 23.5 Å². The molecule has 3 N–H and O–H groups in total. The summed E-state index contributed by atoms with van der Waals surface area (Å²) < 4.78 is 26.8. The highest BCUT2D eigenvalue weighted by Gasteiger charge is 2.52. The molecule has 0 spiro atoms. The number of rotatable bonds is 11. The lowest BCUT2D eigenvalue weighted by molar-refractivity contribution is -0.140. The zero-order valence-electron chi connectivity index (χ0n) is 21.1. The molecule has 202 valence electrons. The number of hydrogen-bond acceptors (Lipinski definition) is 5. The van der Waals surface area contributed by atoms with Gasteiger partial charge >= 0.3 is 0 Å². The first kappa shape index (κ1) is 27.3. The molecule has 38 heavy (non-hydrogen) atoms. The first-order valence-electron chi connectivity index (χ1n) is 12.9. The fraction of sp³-hybridized carbons (Fsp3) is 0.464. The molecule has 0 aliphatic heterocycles. The van der Waals surface area contributed by atoms with Crippen LogP contribution in [0.1, 0.15) is 56.2 Å². The number of hydrogen-bond donors (Lipinski definition) is 3. The number of amides is 3. The summed E-state index contributed by atoms with van der Waals surface area (Å²) in [5.41, 5.74) is 0.181. The van der Waals surface area contributed by atoms with Crippen LogP contribution in [0.5, 0.6) is 0 Å². The molecule has 2 aromatic rings. The van der Waals surface area contributed by atoms with Crippen LogP contribution < -0.4 is 16.0 Å². The Morgan fingerprint density at radius 1 is 0.947 bits per heavy atom. The van der Waals surface area contributed by atoms with Gasteiger partial charge in [0.05, 0.1) is 12.2 Å². The maximum Gasteiger partial charge on any atom is 0.289 e. The van der Waals surface area contributed by atoms with Gasteiger partial charge in [-0.3, -0.25) is 24.2 Å². The van der Waals surface area contributed by atoms with Crippen LogP contribution in [0.15, 0.2) is 54.7 Å². The molecule has 4 rings (SSSR count). The van der Waals surface area contributed by atoms with Gasteiger partial charge in [0.1, 0.15) is 11.6 Å². The number of benzene rings is 1. The number of nitrogens with zero attached hydrogens (tertiary/aromatic N) is 1. The Morgan fingerprint density at radius 2 is 1.63 bits per heavy atom. The normalized spacial score (nSPS) is 18.6. The van der Waals surface area contributed by atoms with Crippen molar-refractivity contribution in [2.75, 3.05) is 0 Å². The van der Waals surface area contributed by atoms with Crippen LogP contribution in [0.2, 0.25) is 0 Å². The summed E-state index contributed by atoms with van der Waals surface area (Å²) >= 11 is 0. The molecule has 3 amide bonds. The average Bonchev–Trinajstić information content (AvgIpc) is 3.69. The maximum absolute atomic E-state index is 13.4. The average molecular weight is 527 g/mol. The predicted octanol–water partition coefficient (Wildman–Crippen LogP) is 2.86. The van der Waals surface area contributed by atoms with Crippen LogP contribution >= 0.6 is 0 Å². The largest absolute Gasteiger partial charge is 0.344 e. The lowest BCUT2D eigenvalue weighted by Gasteiger charge is -2.28. The fourth-order valence-electron chi connectivity index (χ4n) is 4.69. The van der Waals surface area contributed by atoms with Crippen LogP contribution in [0.4, 0.5) is 8.78 Å². The Balaban J connectivity index is 1.37. The van der Waals surface area contributed by atoms with Gasteiger partial charge in [-0.1, -0.05) is 36.4 Å². The van der Waals surface area contributed by atoms with Gasteiger partial charge in [-0.15, -0.1) is 0 Å². The first-order valence-corrected chi connectivity index (χ1v) is 12.9. The molecule has 2 aliphatic carbocycles. The van der Waals surface area contributed by atoms with E-state index in [0.717, 1.165) is 5.56 Å². The highest BCUT2D eigenvalue weighted by Crippen LogP contribution is 2.39. The first-order chi connectivity index (χ1) is 18.2. The standard InChI is InChI=1S/C28H32F2N4O4/c29-28(30)11-9-20(10-12-28)17-23(35)34-27(13-14-27)26(38)33-22(16-19-6-2-1-3-7-19)24(36)25(37)32-18-21-8-4-5-15-31-21/h1-8,15,20,22H,9-14,16-18H2,(H,32,37)(H,33,38)(H,34,35)/t22-/m1/s1. The van der Waals surface area contributed by atoms with Crippen molar-refractivity contribution in [3.63, 3.8) is 0 Å². The number of aromatic nitrogens is 1. The molecule has 2 aliphatic rings. The van der Waals surface area contributed by atoms with E-state index in [1.54, 1.807) is 48.7 Å². The second-order valence-corrected chi connectivity index (χ2v) is 10.2. The third-order valence-electron chi connectivity index (χ3n) is 7.16. The van der Waals surface area contributed by atoms with E-state index in [0.29, 0.717) is 18.5 Å². The Bertz CT molecular complexity index is 1150. The summed E-state index contributed by atoms with van der Waals surface area (Å²) in [7, 11) is 0. The van der Waals surface area contributed by atoms with Crippen molar-refractivity contribution < 1.29 is 28.0 Å². The van der Waals surface area contributed by atoms with Gasteiger partial charge in [0.15, 0.2) is 0 Å². The van der Waals surface area contributed by atoms with Crippen LogP contribution in [-0.4, -0.2) is 46.0 Å². The minimum Gasteiger partial charge on any atom is -0.344 e. The van der Waals surface area contributed by atoms with Crippen molar-refractivity contribution in [3.05, 3.63) is 66.0 Å². The minimum atomic E-state index is -2.67. The molecule has 1 aromatic carbocycles. The monoisotopic (exact) mass is 526 g/mol. The molecule has 2 saturated carbocycles. The zero-order valence-corrected chi connectivity index (χ0v) is 21.1. The second kappa shape index (κ2) is 11.8. The molecular formula is C28H32F2N4O4. The number of alkyl halides is 2. The zero-order chi connectivity index (χ0) is 27.2. The third kappa shape index (κ3) is 7.43. The van der Waals surface area contributed by atoms with E-state index in [4.69, 9.17) is 0 Å². The van der Waals surface area contributed by atoms with Crippen LogP contribution in [0.25, 0.3) is 0 Å². The van der Waals surface area contributed by atoms with E-state index in [1.807, 2.05) is 6.07 Å². The minimum absolute atomic E-state index is 0.0600. The van der Waals surface area contributed by atoms with Crippen LogP contribution in [0.3, 0.4) is 0 Å². The Kier molecular flexibility index (Phi) is 8.48. The molecule has 10 heteroatoms. The molecule has 1 atom stereocenters. The molecule has 2 fully saturated rings. The maximum atomic E-state index is 13.4. The number of carbonyl (C=O) groups excluding carboxylic acids is 4. The third-order valence-corrected chi connectivity index (χ3v) is 7.16. The summed E-state index contributed by atoms with van der Waals surface area (Å²) in [6.45, 7) is 0.0600. The number of carbonyl (C=O) groups is 4. The lowest BCUT2D eigenvalue weighted by Crippen LogP contribution is -2.56. The van der Waals surface area contributed by atoms with Gasteiger partial charge in [0.25, 0.3) is 5.91 Å². The van der Waals surface area contributed by atoms with E-state index < -0.39 is 35.1 Å². The van der Waals surface area contributed by atoms with E-state index in [1.165, 1.54) is 0 Å². The van der Waals surface area contributed by atoms with E-state index >= 15 is 0 Å². The number of Topliss-reactive ketones (excluding diaryl/α,β-unsaturated/α-hetero) is 1. The van der Waals surface area contributed by atoms with Gasteiger partial charge < -0.3 is 16.0 Å². The highest BCUT2D eigenvalue weighted by molar-refractivity contribution is 6.38. The topological polar surface area (TPSA) is 117 Å². The highest BCUT2D eigenvalue weighted by atomic mass is 19.3. The Hall–Kier alpha value is -3.69. The van der Waals surface area contributed by atoms with Crippen molar-refractivity contribution in [2.24, 2.45) is 5.92 Å². The summed E-state index contributed by atoms with van der Waals surface area (Å²) in [5, 5.41) is 8.00. The van der Waals surface area contributed by atoms with Gasteiger partial charge in [-0.05, 0) is 49.3 Å². The molecule has 0 bridgehead atoms. The Labute approximate surface area is 220 Å². The van der Waals surface area contributed by atoms with Gasteiger partial charge in [-0.25, -0.2) is 8.78 Å². The fourth-order valence-corrected chi connectivity index (χ4v) is 4.69. The SMILES string of the molecule is O=C(CC1CCC(F)(F)CC1)NC1(C(=O)N[C@H](Cc2ccccc2)C(=O)C(=O)NCc2ccccn2)CC1. The van der Waals surface area contributed by atoms with Crippen LogP contribution in [0, 0.1) is 5.92 Å². The predicted molar refractivity (Wildman–Crippen MR) is 135 cm³/mol. The van der Waals surface area contributed by atoms with Crippen molar-refractivity contribution >= 4 is 23.5 Å². The molecule has 1 heterocycles. The van der Waals surface area contributed by atoms with Crippen molar-refractivity contribution in [2.45, 2.75) is 75.4 Å². The summed E-state index contributed by atoms with van der Waals surface area (Å²) in [6.07, 6.45) is 2.61. The van der Waals surface area contributed by atoms with Crippen molar-refractivity contribution in [1.82, 2.24) is 20.9 Å². The number of pyridine rings is 1. The molecule has 1 aromatic heterocycles. The number of nitrogens with one attached hydrogen (secondary N) is 3. The number of halogens is 2. The van der Waals surface area contributed by atoms with Crippen LogP contribution in [-0.2, 0) is 32.1 Å². The lowest BCUT2D eigenvalue weighted by atomic mass is 9.84. The van der Waals surface area contributed by atoms with E-state index in [9.17, 15) is 28.0 Å². The summed E-state index contributed by atoms with van der Waals surface area (Å²) in [6, 6.07) is 13.1.